The molecule has 0 fully saturated rings. The number of benzene rings is 1. The molecular weight excluding hydrogens is 258 g/mol. The molecule has 0 aliphatic heterocycles. The molecule has 5 nitrogen and oxygen atoms in total. The minimum Gasteiger partial charge on any atom is -0.493 e. The number of nitrogens with two attached hydrogens (primary N) is 1. The van der Waals surface area contributed by atoms with E-state index in [1.54, 1.807) is 6.07 Å². The van der Waals surface area contributed by atoms with Gasteiger partial charge in [-0.05, 0) is 17.7 Å². The fourth-order valence-corrected chi connectivity index (χ4v) is 1.61. The molecule has 0 amide bonds. The number of methoxy groups -OCH3 is 1. The molecule has 0 spiro atoms. The molecule has 0 aliphatic carbocycles. The molecule has 7 heteroatoms. The van der Waals surface area contributed by atoms with Crippen LogP contribution in [0.2, 0.25) is 0 Å². The summed E-state index contributed by atoms with van der Waals surface area (Å²) in [6, 6.07) is 3.89. The normalized spacial score (nSPS) is 12.5. The number of hydrogen-bond donors (Lipinski definition) is 1. The average molecular weight is 270 g/mol. The van der Waals surface area contributed by atoms with E-state index in [0.717, 1.165) is 0 Å². The van der Waals surface area contributed by atoms with E-state index in [0.29, 0.717) is 11.3 Å². The lowest BCUT2D eigenvalue weighted by molar-refractivity contribution is -0.0512. The van der Waals surface area contributed by atoms with Crippen LogP contribution in [0.5, 0.6) is 11.5 Å². The van der Waals surface area contributed by atoms with Gasteiger partial charge in [-0.25, -0.2) is 4.98 Å². The van der Waals surface area contributed by atoms with Crippen molar-refractivity contribution >= 4 is 0 Å². The number of alkyl halides is 2. The van der Waals surface area contributed by atoms with E-state index >= 15 is 0 Å². The van der Waals surface area contributed by atoms with Gasteiger partial charge in [-0.15, -0.1) is 0 Å². The largest absolute Gasteiger partial charge is 0.493 e. The summed E-state index contributed by atoms with van der Waals surface area (Å²) >= 11 is 0. The fourth-order valence-electron chi connectivity index (χ4n) is 1.61. The highest BCUT2D eigenvalue weighted by Gasteiger charge is 2.16. The quantitative estimate of drug-likeness (QED) is 0.902. The van der Waals surface area contributed by atoms with Gasteiger partial charge >= 0.3 is 6.61 Å². The highest BCUT2D eigenvalue weighted by Crippen LogP contribution is 2.32. The predicted octanol–water partition coefficient (Wildman–Crippen LogP) is 2.33. The molecule has 2 N–H and O–H groups in total. The van der Waals surface area contributed by atoms with Crippen molar-refractivity contribution in [3.05, 3.63) is 42.1 Å². The van der Waals surface area contributed by atoms with Crippen molar-refractivity contribution in [3.63, 3.8) is 0 Å². The topological polar surface area (TPSA) is 70.5 Å². The second kappa shape index (κ2) is 5.66. The molecule has 0 saturated heterocycles. The molecule has 0 radical (unpaired) electrons. The Balaban J connectivity index is 2.28. The first kappa shape index (κ1) is 13.3. The first-order chi connectivity index (χ1) is 9.11. The van der Waals surface area contributed by atoms with Gasteiger partial charge in [0, 0.05) is 0 Å². The van der Waals surface area contributed by atoms with Crippen LogP contribution in [-0.2, 0) is 0 Å². The van der Waals surface area contributed by atoms with E-state index < -0.39 is 12.7 Å². The Morgan fingerprint density at radius 2 is 2.11 bits per heavy atom. The molecule has 2 aromatic rings. The van der Waals surface area contributed by atoms with E-state index in [2.05, 4.69) is 9.72 Å². The Hall–Kier alpha value is -2.15. The van der Waals surface area contributed by atoms with E-state index in [1.807, 2.05) is 0 Å². The van der Waals surface area contributed by atoms with E-state index in [1.165, 1.54) is 31.8 Å². The lowest BCUT2D eigenvalue weighted by atomic mass is 10.1. The number of aromatic nitrogens is 1. The molecule has 1 heterocycles. The summed E-state index contributed by atoms with van der Waals surface area (Å²) in [6.07, 6.45) is 2.75. The summed E-state index contributed by atoms with van der Waals surface area (Å²) in [7, 11) is 1.36. The summed E-state index contributed by atoms with van der Waals surface area (Å²) in [5.74, 6) is 0.586. The van der Waals surface area contributed by atoms with Gasteiger partial charge in [-0.2, -0.15) is 8.78 Å². The molecular formula is C12H12F2N2O3. The number of halogens is 2. The van der Waals surface area contributed by atoms with Crippen LogP contribution in [0, 0.1) is 0 Å². The highest BCUT2D eigenvalue weighted by atomic mass is 19.3. The first-order valence-corrected chi connectivity index (χ1v) is 5.38. The predicted molar refractivity (Wildman–Crippen MR) is 62.2 cm³/mol. The third kappa shape index (κ3) is 3.00. The van der Waals surface area contributed by atoms with E-state index in [-0.39, 0.29) is 11.5 Å². The van der Waals surface area contributed by atoms with Crippen LogP contribution in [0.25, 0.3) is 0 Å². The zero-order valence-electron chi connectivity index (χ0n) is 10.0. The molecule has 1 atom stereocenters. The van der Waals surface area contributed by atoms with Crippen LogP contribution in [0.3, 0.4) is 0 Å². The van der Waals surface area contributed by atoms with Crippen LogP contribution in [0.4, 0.5) is 8.78 Å². The SMILES string of the molecule is COc1cc(C(N)c2cnco2)ccc1OC(F)F. The van der Waals surface area contributed by atoms with Gasteiger partial charge < -0.3 is 19.6 Å². The van der Waals surface area contributed by atoms with Crippen LogP contribution >= 0.6 is 0 Å². The lowest BCUT2D eigenvalue weighted by Crippen LogP contribution is -2.11. The molecule has 1 unspecified atom stereocenters. The fraction of sp³-hybridized carbons (Fsp3) is 0.250. The number of rotatable bonds is 5. The molecule has 1 aromatic heterocycles. The third-order valence-electron chi connectivity index (χ3n) is 2.52. The van der Waals surface area contributed by atoms with Crippen molar-refractivity contribution in [1.29, 1.82) is 0 Å². The van der Waals surface area contributed by atoms with Crippen molar-refractivity contribution < 1.29 is 22.7 Å². The standard InChI is InChI=1S/C12H12F2N2O3/c1-17-9-4-7(2-3-8(9)19-12(13)14)11(15)10-5-16-6-18-10/h2-6,11-12H,15H2,1H3. The second-order valence-corrected chi connectivity index (χ2v) is 3.67. The smallest absolute Gasteiger partial charge is 0.387 e. The first-order valence-electron chi connectivity index (χ1n) is 5.38. The number of nitrogens with zero attached hydrogens (tertiary/aromatic N) is 1. The van der Waals surface area contributed by atoms with Gasteiger partial charge in [0.05, 0.1) is 19.3 Å². The maximum absolute atomic E-state index is 12.2. The monoisotopic (exact) mass is 270 g/mol. The maximum atomic E-state index is 12.2. The zero-order chi connectivity index (χ0) is 13.8. The van der Waals surface area contributed by atoms with Crippen LogP contribution in [-0.4, -0.2) is 18.7 Å². The third-order valence-corrected chi connectivity index (χ3v) is 2.52. The Bertz CT molecular complexity index is 532. The molecule has 1 aromatic carbocycles. The summed E-state index contributed by atoms with van der Waals surface area (Å²) in [4.78, 5) is 3.77. The molecule has 0 aliphatic rings. The van der Waals surface area contributed by atoms with Crippen LogP contribution in [0.15, 0.2) is 35.2 Å². The summed E-state index contributed by atoms with van der Waals surface area (Å²) in [5.41, 5.74) is 6.59. The van der Waals surface area contributed by atoms with Gasteiger partial charge in [0.25, 0.3) is 0 Å². The molecule has 2 rings (SSSR count). The van der Waals surface area contributed by atoms with Crippen molar-refractivity contribution in [2.75, 3.05) is 7.11 Å². The Kier molecular flexibility index (Phi) is 3.96. The van der Waals surface area contributed by atoms with Gasteiger partial charge in [-0.3, -0.25) is 0 Å². The Labute approximate surface area is 107 Å². The van der Waals surface area contributed by atoms with Gasteiger partial charge in [0.2, 0.25) is 0 Å². The van der Waals surface area contributed by atoms with Crippen molar-refractivity contribution in [2.24, 2.45) is 5.73 Å². The molecule has 19 heavy (non-hydrogen) atoms. The zero-order valence-corrected chi connectivity index (χ0v) is 10.0. The number of oxazole rings is 1. The van der Waals surface area contributed by atoms with Crippen molar-refractivity contribution in [2.45, 2.75) is 12.7 Å². The number of ether oxygens (including phenoxy) is 2. The van der Waals surface area contributed by atoms with Gasteiger partial charge in [0.15, 0.2) is 17.9 Å². The summed E-state index contributed by atoms with van der Waals surface area (Å²) in [6.45, 7) is -2.91. The van der Waals surface area contributed by atoms with Gasteiger partial charge in [0.1, 0.15) is 5.76 Å². The Morgan fingerprint density at radius 3 is 2.68 bits per heavy atom. The van der Waals surface area contributed by atoms with E-state index in [4.69, 9.17) is 14.9 Å². The minimum absolute atomic E-state index is 0.0500. The lowest BCUT2D eigenvalue weighted by Gasteiger charge is -2.14. The molecule has 0 saturated carbocycles. The van der Waals surface area contributed by atoms with Gasteiger partial charge in [-0.1, -0.05) is 6.07 Å². The Morgan fingerprint density at radius 1 is 1.32 bits per heavy atom. The summed E-state index contributed by atoms with van der Waals surface area (Å²) in [5, 5.41) is 0. The minimum atomic E-state index is -2.91. The average Bonchev–Trinajstić information content (AvgIpc) is 2.91. The number of hydrogen-bond acceptors (Lipinski definition) is 5. The van der Waals surface area contributed by atoms with Crippen molar-refractivity contribution in [3.8, 4) is 11.5 Å². The van der Waals surface area contributed by atoms with E-state index in [9.17, 15) is 8.78 Å². The second-order valence-electron chi connectivity index (χ2n) is 3.67. The van der Waals surface area contributed by atoms with Crippen molar-refractivity contribution in [1.82, 2.24) is 4.98 Å². The maximum Gasteiger partial charge on any atom is 0.387 e. The molecule has 102 valence electrons. The molecule has 0 bridgehead atoms. The van der Waals surface area contributed by atoms with Crippen LogP contribution in [0.1, 0.15) is 17.4 Å². The van der Waals surface area contributed by atoms with Crippen LogP contribution < -0.4 is 15.2 Å². The highest BCUT2D eigenvalue weighted by molar-refractivity contribution is 5.44. The summed E-state index contributed by atoms with van der Waals surface area (Å²) < 4.78 is 38.8.